The van der Waals surface area contributed by atoms with Crippen LogP contribution in [0.1, 0.15) is 6.92 Å². The second-order valence-corrected chi connectivity index (χ2v) is 3.71. The molecule has 1 fully saturated rings. The molecule has 92 valence electrons. The highest BCUT2D eigenvalue weighted by Crippen LogP contribution is 1.94. The van der Waals surface area contributed by atoms with Crippen LogP contribution in [0.15, 0.2) is 0 Å². The molecule has 0 radical (unpaired) electrons. The number of morpholine rings is 1. The van der Waals surface area contributed by atoms with Gasteiger partial charge in [-0.1, -0.05) is 0 Å². The Morgan fingerprint density at radius 2 is 1.94 bits per heavy atom. The molecule has 0 aromatic rings. The molecule has 1 heterocycles. The van der Waals surface area contributed by atoms with E-state index in [1.54, 1.807) is 0 Å². The summed E-state index contributed by atoms with van der Waals surface area (Å²) in [5, 5.41) is 5.20. The molecule has 2 amide bonds. The summed E-state index contributed by atoms with van der Waals surface area (Å²) in [4.78, 5) is 24.0. The van der Waals surface area contributed by atoms with Crippen LogP contribution in [0.5, 0.6) is 0 Å². The van der Waals surface area contributed by atoms with Crippen molar-refractivity contribution in [1.82, 2.24) is 15.5 Å². The molecular formula is C10H19N3O3. The fourth-order valence-corrected chi connectivity index (χ4v) is 1.45. The molecular weight excluding hydrogens is 210 g/mol. The van der Waals surface area contributed by atoms with Gasteiger partial charge in [0.1, 0.15) is 0 Å². The van der Waals surface area contributed by atoms with Gasteiger partial charge in [-0.05, 0) is 0 Å². The van der Waals surface area contributed by atoms with Crippen LogP contribution < -0.4 is 10.6 Å². The van der Waals surface area contributed by atoms with Gasteiger partial charge >= 0.3 is 0 Å². The van der Waals surface area contributed by atoms with Gasteiger partial charge in [0.15, 0.2) is 0 Å². The van der Waals surface area contributed by atoms with Crippen molar-refractivity contribution in [3.05, 3.63) is 0 Å². The fraction of sp³-hybridized carbons (Fsp3) is 0.800. The van der Waals surface area contributed by atoms with E-state index >= 15 is 0 Å². The molecule has 0 spiro atoms. The van der Waals surface area contributed by atoms with Crippen LogP contribution in [0, 0.1) is 0 Å². The van der Waals surface area contributed by atoms with Gasteiger partial charge in [-0.25, -0.2) is 0 Å². The molecule has 0 bridgehead atoms. The quantitative estimate of drug-likeness (QED) is 0.606. The van der Waals surface area contributed by atoms with E-state index in [1.807, 2.05) is 0 Å². The van der Waals surface area contributed by atoms with Crippen LogP contribution in [0.4, 0.5) is 0 Å². The number of ether oxygens (including phenoxy) is 1. The van der Waals surface area contributed by atoms with Crippen molar-refractivity contribution in [1.29, 1.82) is 0 Å². The lowest BCUT2D eigenvalue weighted by atomic mass is 10.4. The van der Waals surface area contributed by atoms with E-state index < -0.39 is 0 Å². The number of carbonyl (C=O) groups is 2. The first kappa shape index (κ1) is 12.9. The number of rotatable bonds is 5. The predicted molar refractivity (Wildman–Crippen MR) is 59.0 cm³/mol. The first-order valence-electron chi connectivity index (χ1n) is 5.49. The summed E-state index contributed by atoms with van der Waals surface area (Å²) in [6.07, 6.45) is 0. The zero-order valence-corrected chi connectivity index (χ0v) is 9.62. The minimum absolute atomic E-state index is 0.0540. The zero-order chi connectivity index (χ0) is 11.8. The standard InChI is InChI=1S/C10H19N3O3/c1-9(14)12-8-10(15)11-2-3-13-4-6-16-7-5-13/h2-8H2,1H3,(H,11,15)(H,12,14). The molecule has 1 aliphatic heterocycles. The number of nitrogens with one attached hydrogen (secondary N) is 2. The number of hydrogen-bond acceptors (Lipinski definition) is 4. The van der Waals surface area contributed by atoms with E-state index in [0.717, 1.165) is 32.8 Å². The molecule has 1 saturated heterocycles. The summed E-state index contributed by atoms with van der Waals surface area (Å²) < 4.78 is 5.22. The van der Waals surface area contributed by atoms with Gasteiger partial charge in [0, 0.05) is 33.1 Å². The summed E-state index contributed by atoms with van der Waals surface area (Å²) >= 11 is 0. The monoisotopic (exact) mass is 229 g/mol. The van der Waals surface area contributed by atoms with Crippen LogP contribution >= 0.6 is 0 Å². The first-order chi connectivity index (χ1) is 7.68. The maximum Gasteiger partial charge on any atom is 0.239 e. The van der Waals surface area contributed by atoms with Crippen molar-refractivity contribution >= 4 is 11.8 Å². The lowest BCUT2D eigenvalue weighted by Gasteiger charge is -2.26. The Balaban J connectivity index is 2.01. The van der Waals surface area contributed by atoms with Crippen molar-refractivity contribution < 1.29 is 14.3 Å². The molecule has 6 heteroatoms. The van der Waals surface area contributed by atoms with Gasteiger partial charge in [-0.3, -0.25) is 14.5 Å². The molecule has 1 rings (SSSR count). The summed E-state index contributed by atoms with van der Waals surface area (Å²) in [6.45, 7) is 6.25. The van der Waals surface area contributed by atoms with Gasteiger partial charge < -0.3 is 15.4 Å². The smallest absolute Gasteiger partial charge is 0.239 e. The third-order valence-electron chi connectivity index (χ3n) is 2.35. The lowest BCUT2D eigenvalue weighted by molar-refractivity contribution is -0.125. The number of carbonyl (C=O) groups excluding carboxylic acids is 2. The van der Waals surface area contributed by atoms with E-state index in [4.69, 9.17) is 4.74 Å². The Morgan fingerprint density at radius 1 is 1.25 bits per heavy atom. The second-order valence-electron chi connectivity index (χ2n) is 3.71. The third-order valence-corrected chi connectivity index (χ3v) is 2.35. The second kappa shape index (κ2) is 7.19. The SMILES string of the molecule is CC(=O)NCC(=O)NCCN1CCOCC1. The normalized spacial score (nSPS) is 16.8. The highest BCUT2D eigenvalue weighted by molar-refractivity contribution is 5.83. The van der Waals surface area contributed by atoms with E-state index in [1.165, 1.54) is 6.92 Å². The molecule has 0 aromatic carbocycles. The van der Waals surface area contributed by atoms with Crippen molar-refractivity contribution in [2.24, 2.45) is 0 Å². The minimum Gasteiger partial charge on any atom is -0.379 e. The molecule has 0 aromatic heterocycles. The average Bonchev–Trinajstić information content (AvgIpc) is 2.28. The highest BCUT2D eigenvalue weighted by Gasteiger charge is 2.09. The van der Waals surface area contributed by atoms with Gasteiger partial charge in [0.25, 0.3) is 0 Å². The Kier molecular flexibility index (Phi) is 5.81. The molecule has 0 saturated carbocycles. The van der Waals surface area contributed by atoms with E-state index in [0.29, 0.717) is 6.54 Å². The van der Waals surface area contributed by atoms with Crippen LogP contribution in [0.2, 0.25) is 0 Å². The van der Waals surface area contributed by atoms with Gasteiger partial charge in [0.05, 0.1) is 19.8 Å². The number of nitrogens with zero attached hydrogens (tertiary/aromatic N) is 1. The molecule has 0 unspecified atom stereocenters. The molecule has 1 aliphatic rings. The average molecular weight is 229 g/mol. The highest BCUT2D eigenvalue weighted by atomic mass is 16.5. The maximum absolute atomic E-state index is 11.2. The molecule has 0 atom stereocenters. The van der Waals surface area contributed by atoms with E-state index in [2.05, 4.69) is 15.5 Å². The van der Waals surface area contributed by atoms with Gasteiger partial charge in [-0.15, -0.1) is 0 Å². The fourth-order valence-electron chi connectivity index (χ4n) is 1.45. The minimum atomic E-state index is -0.191. The Labute approximate surface area is 95.3 Å². The predicted octanol–water partition coefficient (Wildman–Crippen LogP) is -1.43. The zero-order valence-electron chi connectivity index (χ0n) is 9.62. The number of hydrogen-bond donors (Lipinski definition) is 2. The van der Waals surface area contributed by atoms with Crippen molar-refractivity contribution in [3.63, 3.8) is 0 Å². The largest absolute Gasteiger partial charge is 0.379 e. The Hall–Kier alpha value is -1.14. The van der Waals surface area contributed by atoms with E-state index in [9.17, 15) is 9.59 Å². The summed E-state index contributed by atoms with van der Waals surface area (Å²) in [5.41, 5.74) is 0. The van der Waals surface area contributed by atoms with Gasteiger partial charge in [-0.2, -0.15) is 0 Å². The Morgan fingerprint density at radius 3 is 2.56 bits per heavy atom. The summed E-state index contributed by atoms with van der Waals surface area (Å²) in [7, 11) is 0. The third kappa shape index (κ3) is 5.67. The molecule has 6 nitrogen and oxygen atoms in total. The molecule has 2 N–H and O–H groups in total. The van der Waals surface area contributed by atoms with Crippen LogP contribution in [-0.2, 0) is 14.3 Å². The molecule has 0 aliphatic carbocycles. The summed E-state index contributed by atoms with van der Waals surface area (Å²) in [6, 6.07) is 0. The van der Waals surface area contributed by atoms with E-state index in [-0.39, 0.29) is 18.4 Å². The van der Waals surface area contributed by atoms with Crippen molar-refractivity contribution in [2.45, 2.75) is 6.92 Å². The lowest BCUT2D eigenvalue weighted by Crippen LogP contribution is -2.43. The Bertz CT molecular complexity index is 239. The first-order valence-corrected chi connectivity index (χ1v) is 5.49. The van der Waals surface area contributed by atoms with Crippen molar-refractivity contribution in [3.8, 4) is 0 Å². The summed E-state index contributed by atoms with van der Waals surface area (Å²) in [5.74, 6) is -0.341. The molecule has 16 heavy (non-hydrogen) atoms. The van der Waals surface area contributed by atoms with Gasteiger partial charge in [0.2, 0.25) is 11.8 Å². The number of amides is 2. The van der Waals surface area contributed by atoms with Crippen molar-refractivity contribution in [2.75, 3.05) is 45.9 Å². The van der Waals surface area contributed by atoms with Crippen LogP contribution in [0.3, 0.4) is 0 Å². The van der Waals surface area contributed by atoms with Crippen LogP contribution in [0.25, 0.3) is 0 Å². The maximum atomic E-state index is 11.2. The topological polar surface area (TPSA) is 70.7 Å². The van der Waals surface area contributed by atoms with Crippen LogP contribution in [-0.4, -0.2) is 62.7 Å².